The Hall–Kier alpha value is -2.21. The zero-order chi connectivity index (χ0) is 13.9. The molecular formula is C14H15N3O3. The van der Waals surface area contributed by atoms with E-state index in [0.717, 1.165) is 25.9 Å². The van der Waals surface area contributed by atoms with E-state index in [9.17, 15) is 10.1 Å². The molecule has 1 aromatic carbocycles. The molecule has 1 aromatic heterocycles. The van der Waals surface area contributed by atoms with Crippen LogP contribution in [0.3, 0.4) is 0 Å². The number of nitrogens with one attached hydrogen (secondary N) is 1. The van der Waals surface area contributed by atoms with E-state index in [1.807, 2.05) is 0 Å². The summed E-state index contributed by atoms with van der Waals surface area (Å²) in [6, 6.07) is 6.69. The highest BCUT2D eigenvalue weighted by molar-refractivity contribution is 5.91. The minimum absolute atomic E-state index is 0.00900. The normalized spacial score (nSPS) is 18.9. The Kier molecular flexibility index (Phi) is 3.47. The molecule has 1 aliphatic rings. The Balaban J connectivity index is 1.98. The van der Waals surface area contributed by atoms with E-state index in [2.05, 4.69) is 10.3 Å². The molecule has 0 spiro atoms. The van der Waals surface area contributed by atoms with Crippen LogP contribution in [-0.4, -0.2) is 29.1 Å². The molecule has 1 unspecified atom stereocenters. The smallest absolute Gasteiger partial charge is 0.295 e. The summed E-state index contributed by atoms with van der Waals surface area (Å²) in [7, 11) is 0. The zero-order valence-corrected chi connectivity index (χ0v) is 10.9. The fraction of sp³-hybridized carbons (Fsp3) is 0.357. The summed E-state index contributed by atoms with van der Waals surface area (Å²) in [6.07, 6.45) is 3.73. The van der Waals surface area contributed by atoms with Crippen molar-refractivity contribution >= 4 is 16.6 Å². The molecule has 3 rings (SSSR count). The molecule has 6 nitrogen and oxygen atoms in total. The van der Waals surface area contributed by atoms with Crippen LogP contribution in [0.2, 0.25) is 0 Å². The van der Waals surface area contributed by atoms with Crippen molar-refractivity contribution in [2.45, 2.75) is 18.9 Å². The quantitative estimate of drug-likeness (QED) is 0.685. The minimum atomic E-state index is -0.415. The summed E-state index contributed by atoms with van der Waals surface area (Å²) in [5.74, 6) is 0.660. The van der Waals surface area contributed by atoms with Gasteiger partial charge in [0, 0.05) is 24.2 Å². The monoisotopic (exact) mass is 273 g/mol. The standard InChI is InChI=1S/C14H15N3O3/c18-17(19)12-5-1-4-11-13(6-8-16-14(11)12)20-10-3-2-7-15-9-10/h1,4-6,8,10,15H,2-3,7,9H2. The molecule has 0 aliphatic carbocycles. The van der Waals surface area contributed by atoms with Gasteiger partial charge in [-0.2, -0.15) is 0 Å². The van der Waals surface area contributed by atoms with Crippen LogP contribution in [0.1, 0.15) is 12.8 Å². The molecule has 2 heterocycles. The summed E-state index contributed by atoms with van der Waals surface area (Å²) < 4.78 is 5.98. The Bertz CT molecular complexity index is 639. The molecular weight excluding hydrogens is 258 g/mol. The Morgan fingerprint density at radius 1 is 1.40 bits per heavy atom. The van der Waals surface area contributed by atoms with Crippen LogP contribution < -0.4 is 10.1 Å². The fourth-order valence-electron chi connectivity index (χ4n) is 2.49. The van der Waals surface area contributed by atoms with E-state index in [1.54, 1.807) is 24.4 Å². The maximum absolute atomic E-state index is 11.0. The van der Waals surface area contributed by atoms with Gasteiger partial charge in [0.15, 0.2) is 5.52 Å². The molecule has 1 fully saturated rings. The number of hydrogen-bond donors (Lipinski definition) is 1. The van der Waals surface area contributed by atoms with Crippen LogP contribution in [0.25, 0.3) is 10.9 Å². The van der Waals surface area contributed by atoms with E-state index in [4.69, 9.17) is 4.74 Å². The third-order valence-electron chi connectivity index (χ3n) is 3.45. The summed E-state index contributed by atoms with van der Waals surface area (Å²) in [4.78, 5) is 14.7. The summed E-state index contributed by atoms with van der Waals surface area (Å²) in [5, 5.41) is 15.0. The van der Waals surface area contributed by atoms with Gasteiger partial charge in [-0.1, -0.05) is 6.07 Å². The second kappa shape index (κ2) is 5.42. The minimum Gasteiger partial charge on any atom is -0.488 e. The third kappa shape index (κ3) is 2.42. The highest BCUT2D eigenvalue weighted by Crippen LogP contribution is 2.31. The van der Waals surface area contributed by atoms with E-state index in [1.165, 1.54) is 6.07 Å². The van der Waals surface area contributed by atoms with Gasteiger partial charge >= 0.3 is 0 Å². The van der Waals surface area contributed by atoms with Crippen LogP contribution in [0.5, 0.6) is 5.75 Å². The first-order valence-corrected chi connectivity index (χ1v) is 6.65. The first-order valence-electron chi connectivity index (χ1n) is 6.65. The van der Waals surface area contributed by atoms with E-state index in [-0.39, 0.29) is 11.8 Å². The number of ether oxygens (including phenoxy) is 1. The van der Waals surface area contributed by atoms with Crippen molar-refractivity contribution in [1.82, 2.24) is 10.3 Å². The maximum Gasteiger partial charge on any atom is 0.295 e. The van der Waals surface area contributed by atoms with E-state index in [0.29, 0.717) is 16.7 Å². The third-order valence-corrected chi connectivity index (χ3v) is 3.45. The zero-order valence-electron chi connectivity index (χ0n) is 10.9. The van der Waals surface area contributed by atoms with Crippen LogP contribution in [0.4, 0.5) is 5.69 Å². The van der Waals surface area contributed by atoms with Crippen molar-refractivity contribution in [3.63, 3.8) is 0 Å². The van der Waals surface area contributed by atoms with Crippen molar-refractivity contribution < 1.29 is 9.66 Å². The van der Waals surface area contributed by atoms with Gasteiger partial charge in [-0.25, -0.2) is 4.98 Å². The number of aromatic nitrogens is 1. The molecule has 104 valence electrons. The molecule has 1 saturated heterocycles. The first kappa shape index (κ1) is 12.8. The van der Waals surface area contributed by atoms with Crippen LogP contribution in [0, 0.1) is 10.1 Å². The molecule has 0 saturated carbocycles. The highest BCUT2D eigenvalue weighted by Gasteiger charge is 2.18. The summed E-state index contributed by atoms with van der Waals surface area (Å²) >= 11 is 0. The molecule has 2 aromatic rings. The molecule has 1 aliphatic heterocycles. The van der Waals surface area contributed by atoms with Gasteiger partial charge in [-0.3, -0.25) is 10.1 Å². The van der Waals surface area contributed by atoms with Gasteiger partial charge in [0.1, 0.15) is 11.9 Å². The van der Waals surface area contributed by atoms with Gasteiger partial charge < -0.3 is 10.1 Å². The maximum atomic E-state index is 11.0. The fourth-order valence-corrected chi connectivity index (χ4v) is 2.49. The van der Waals surface area contributed by atoms with Crippen molar-refractivity contribution in [3.05, 3.63) is 40.6 Å². The lowest BCUT2D eigenvalue weighted by atomic mass is 10.1. The van der Waals surface area contributed by atoms with Crippen LogP contribution in [-0.2, 0) is 0 Å². The van der Waals surface area contributed by atoms with Gasteiger partial charge in [0.05, 0.1) is 4.92 Å². The first-order chi connectivity index (χ1) is 9.75. The predicted octanol–water partition coefficient (Wildman–Crippen LogP) is 2.27. The average Bonchev–Trinajstić information content (AvgIpc) is 2.48. The van der Waals surface area contributed by atoms with Gasteiger partial charge in [0.25, 0.3) is 5.69 Å². The molecule has 0 radical (unpaired) electrons. The molecule has 0 amide bonds. The molecule has 0 bridgehead atoms. The average molecular weight is 273 g/mol. The van der Waals surface area contributed by atoms with Gasteiger partial charge in [-0.15, -0.1) is 0 Å². The van der Waals surface area contributed by atoms with Crippen molar-refractivity contribution in [1.29, 1.82) is 0 Å². The largest absolute Gasteiger partial charge is 0.488 e. The Morgan fingerprint density at radius 3 is 3.05 bits per heavy atom. The van der Waals surface area contributed by atoms with Crippen LogP contribution in [0.15, 0.2) is 30.5 Å². The van der Waals surface area contributed by atoms with Gasteiger partial charge in [0.2, 0.25) is 0 Å². The van der Waals surface area contributed by atoms with Crippen LogP contribution >= 0.6 is 0 Å². The lowest BCUT2D eigenvalue weighted by Gasteiger charge is -2.24. The Morgan fingerprint density at radius 2 is 2.30 bits per heavy atom. The molecule has 1 atom stereocenters. The molecule has 6 heteroatoms. The number of pyridine rings is 1. The van der Waals surface area contributed by atoms with Gasteiger partial charge in [-0.05, 0) is 31.5 Å². The second-order valence-electron chi connectivity index (χ2n) is 4.83. The lowest BCUT2D eigenvalue weighted by Crippen LogP contribution is -2.37. The highest BCUT2D eigenvalue weighted by atomic mass is 16.6. The second-order valence-corrected chi connectivity index (χ2v) is 4.83. The molecule has 1 N–H and O–H groups in total. The number of nitrogens with zero attached hydrogens (tertiary/aromatic N) is 2. The SMILES string of the molecule is O=[N+]([O-])c1cccc2c(OC3CCCNC3)ccnc12. The number of nitro benzene ring substituents is 1. The number of nitro groups is 1. The molecule has 20 heavy (non-hydrogen) atoms. The van der Waals surface area contributed by atoms with E-state index < -0.39 is 4.92 Å². The number of fused-ring (bicyclic) bond motifs is 1. The van der Waals surface area contributed by atoms with Crippen molar-refractivity contribution in [2.24, 2.45) is 0 Å². The number of rotatable bonds is 3. The number of non-ortho nitro benzene ring substituents is 1. The predicted molar refractivity (Wildman–Crippen MR) is 74.9 cm³/mol. The topological polar surface area (TPSA) is 77.3 Å². The summed E-state index contributed by atoms with van der Waals surface area (Å²) in [5.41, 5.74) is 0.383. The number of para-hydroxylation sites is 1. The number of hydrogen-bond acceptors (Lipinski definition) is 5. The van der Waals surface area contributed by atoms with E-state index >= 15 is 0 Å². The Labute approximate surface area is 115 Å². The van der Waals surface area contributed by atoms with Crippen molar-refractivity contribution in [2.75, 3.05) is 13.1 Å². The summed E-state index contributed by atoms with van der Waals surface area (Å²) in [6.45, 7) is 1.82. The number of piperidine rings is 1. The van der Waals surface area contributed by atoms with Crippen molar-refractivity contribution in [3.8, 4) is 5.75 Å². The number of benzene rings is 1. The lowest BCUT2D eigenvalue weighted by molar-refractivity contribution is -0.383.